The fourth-order valence-electron chi connectivity index (χ4n) is 1.18. The average Bonchev–Trinajstić information content (AvgIpc) is 2.78. The number of rotatable bonds is 3. The smallest absolute Gasteiger partial charge is 0.240 e. The summed E-state index contributed by atoms with van der Waals surface area (Å²) in [5.74, 6) is 1.08. The highest BCUT2D eigenvalue weighted by Gasteiger charge is 2.16. The van der Waals surface area contributed by atoms with E-state index in [0.717, 1.165) is 10.9 Å². The van der Waals surface area contributed by atoms with Crippen molar-refractivity contribution in [2.45, 2.75) is 18.2 Å². The van der Waals surface area contributed by atoms with Gasteiger partial charge in [0, 0.05) is 10.7 Å². The summed E-state index contributed by atoms with van der Waals surface area (Å²) in [7, 11) is 0. The van der Waals surface area contributed by atoms with Crippen LogP contribution in [0.2, 0.25) is 0 Å². The molecule has 0 N–H and O–H groups in total. The standard InChI is InChI=1S/C10H9Br2N3O/c1-2-6(11)10-14-9(15-16-10)8-7(12)4-3-5-13-8/h3-6H,2H2,1H3. The van der Waals surface area contributed by atoms with Gasteiger partial charge in [-0.15, -0.1) is 0 Å². The van der Waals surface area contributed by atoms with Crippen LogP contribution in [0.5, 0.6) is 0 Å². The third kappa shape index (κ3) is 2.32. The van der Waals surface area contributed by atoms with Crippen molar-refractivity contribution < 1.29 is 4.52 Å². The van der Waals surface area contributed by atoms with Crippen LogP contribution in [0.3, 0.4) is 0 Å². The second-order valence-electron chi connectivity index (χ2n) is 3.17. The summed E-state index contributed by atoms with van der Waals surface area (Å²) in [4.78, 5) is 8.59. The molecule has 1 atom stereocenters. The third-order valence-electron chi connectivity index (χ3n) is 2.04. The lowest BCUT2D eigenvalue weighted by molar-refractivity contribution is 0.376. The van der Waals surface area contributed by atoms with Gasteiger partial charge in [0.1, 0.15) is 5.69 Å². The molecule has 2 aromatic rings. The van der Waals surface area contributed by atoms with Gasteiger partial charge in [-0.25, -0.2) is 0 Å². The molecule has 2 heterocycles. The lowest BCUT2D eigenvalue weighted by Gasteiger charge is -1.97. The maximum Gasteiger partial charge on any atom is 0.240 e. The van der Waals surface area contributed by atoms with Crippen molar-refractivity contribution in [3.63, 3.8) is 0 Å². The number of hydrogen-bond acceptors (Lipinski definition) is 4. The van der Waals surface area contributed by atoms with Gasteiger partial charge in [-0.1, -0.05) is 28.0 Å². The Kier molecular flexibility index (Phi) is 3.70. The van der Waals surface area contributed by atoms with Crippen molar-refractivity contribution in [1.29, 1.82) is 0 Å². The molecular weight excluding hydrogens is 338 g/mol. The molecule has 0 aliphatic heterocycles. The topological polar surface area (TPSA) is 51.8 Å². The second-order valence-corrected chi connectivity index (χ2v) is 5.13. The number of alkyl halides is 1. The molecule has 84 valence electrons. The SMILES string of the molecule is CCC(Br)c1nc(-c2ncccc2Br)no1. The number of nitrogens with zero attached hydrogens (tertiary/aromatic N) is 3. The molecule has 0 radical (unpaired) electrons. The Morgan fingerprint density at radius 3 is 3.00 bits per heavy atom. The third-order valence-corrected chi connectivity index (χ3v) is 3.72. The first-order chi connectivity index (χ1) is 7.72. The second kappa shape index (κ2) is 5.05. The molecule has 0 fully saturated rings. The Morgan fingerprint density at radius 1 is 1.50 bits per heavy atom. The van der Waals surface area contributed by atoms with E-state index in [0.29, 0.717) is 17.4 Å². The number of pyridine rings is 1. The van der Waals surface area contributed by atoms with Gasteiger partial charge < -0.3 is 4.52 Å². The van der Waals surface area contributed by atoms with Gasteiger partial charge in [0.2, 0.25) is 11.7 Å². The highest BCUT2D eigenvalue weighted by molar-refractivity contribution is 9.10. The number of hydrogen-bond donors (Lipinski definition) is 0. The lowest BCUT2D eigenvalue weighted by atomic mass is 10.3. The lowest BCUT2D eigenvalue weighted by Crippen LogP contribution is -1.89. The maximum absolute atomic E-state index is 5.16. The Morgan fingerprint density at radius 2 is 2.31 bits per heavy atom. The molecule has 2 rings (SSSR count). The Labute approximate surface area is 110 Å². The molecule has 6 heteroatoms. The minimum atomic E-state index is 0.0937. The molecule has 0 aliphatic rings. The molecule has 4 nitrogen and oxygen atoms in total. The largest absolute Gasteiger partial charge is 0.338 e. The van der Waals surface area contributed by atoms with E-state index in [-0.39, 0.29) is 4.83 Å². The molecule has 0 saturated heterocycles. The van der Waals surface area contributed by atoms with E-state index in [1.807, 2.05) is 19.1 Å². The molecular formula is C10H9Br2N3O. The van der Waals surface area contributed by atoms with Crippen LogP contribution in [0.1, 0.15) is 24.1 Å². The molecule has 16 heavy (non-hydrogen) atoms. The van der Waals surface area contributed by atoms with Crippen LogP contribution >= 0.6 is 31.9 Å². The van der Waals surface area contributed by atoms with Crippen LogP contribution in [0, 0.1) is 0 Å². The van der Waals surface area contributed by atoms with E-state index in [9.17, 15) is 0 Å². The molecule has 0 spiro atoms. The van der Waals surface area contributed by atoms with Gasteiger partial charge in [0.15, 0.2) is 0 Å². The maximum atomic E-state index is 5.16. The van der Waals surface area contributed by atoms with E-state index >= 15 is 0 Å². The van der Waals surface area contributed by atoms with Gasteiger partial charge in [0.25, 0.3) is 0 Å². The predicted molar refractivity (Wildman–Crippen MR) is 67.2 cm³/mol. The van der Waals surface area contributed by atoms with Crippen LogP contribution in [0.15, 0.2) is 27.3 Å². The normalized spacial score (nSPS) is 12.7. The average molecular weight is 347 g/mol. The van der Waals surface area contributed by atoms with Crippen LogP contribution in [-0.4, -0.2) is 15.1 Å². The first-order valence-corrected chi connectivity index (χ1v) is 6.51. The number of halogens is 2. The molecule has 0 saturated carbocycles. The fourth-order valence-corrected chi connectivity index (χ4v) is 1.80. The monoisotopic (exact) mass is 345 g/mol. The van der Waals surface area contributed by atoms with Crippen molar-refractivity contribution >= 4 is 31.9 Å². The van der Waals surface area contributed by atoms with Crippen LogP contribution in [0.4, 0.5) is 0 Å². The zero-order chi connectivity index (χ0) is 11.5. The van der Waals surface area contributed by atoms with Crippen LogP contribution in [-0.2, 0) is 0 Å². The minimum absolute atomic E-state index is 0.0937. The Bertz CT molecular complexity index is 486. The Balaban J connectivity index is 2.35. The zero-order valence-corrected chi connectivity index (χ0v) is 11.7. The molecule has 0 amide bonds. The number of aromatic nitrogens is 3. The highest BCUT2D eigenvalue weighted by Crippen LogP contribution is 2.28. The van der Waals surface area contributed by atoms with Crippen molar-refractivity contribution in [2.24, 2.45) is 0 Å². The van der Waals surface area contributed by atoms with Gasteiger partial charge in [-0.3, -0.25) is 4.98 Å². The van der Waals surface area contributed by atoms with Gasteiger partial charge >= 0.3 is 0 Å². The molecule has 0 bridgehead atoms. The van der Waals surface area contributed by atoms with Gasteiger partial charge in [-0.2, -0.15) is 4.98 Å². The molecule has 0 aliphatic carbocycles. The first-order valence-electron chi connectivity index (χ1n) is 4.81. The molecule has 0 aromatic carbocycles. The molecule has 2 aromatic heterocycles. The van der Waals surface area contributed by atoms with Gasteiger partial charge in [0.05, 0.1) is 4.83 Å². The van der Waals surface area contributed by atoms with E-state index in [1.54, 1.807) is 6.20 Å². The summed E-state index contributed by atoms with van der Waals surface area (Å²) in [6, 6.07) is 3.73. The summed E-state index contributed by atoms with van der Waals surface area (Å²) in [6.07, 6.45) is 2.59. The van der Waals surface area contributed by atoms with Gasteiger partial charge in [-0.05, 0) is 34.5 Å². The summed E-state index contributed by atoms with van der Waals surface area (Å²) < 4.78 is 6.01. The van der Waals surface area contributed by atoms with Crippen molar-refractivity contribution in [2.75, 3.05) is 0 Å². The molecule has 1 unspecified atom stereocenters. The van der Waals surface area contributed by atoms with Crippen LogP contribution < -0.4 is 0 Å². The van der Waals surface area contributed by atoms with E-state index < -0.39 is 0 Å². The van der Waals surface area contributed by atoms with Crippen molar-refractivity contribution in [3.8, 4) is 11.5 Å². The highest BCUT2D eigenvalue weighted by atomic mass is 79.9. The van der Waals surface area contributed by atoms with E-state index in [2.05, 4.69) is 47.0 Å². The van der Waals surface area contributed by atoms with Crippen molar-refractivity contribution in [3.05, 3.63) is 28.7 Å². The summed E-state index contributed by atoms with van der Waals surface area (Å²) in [5.41, 5.74) is 0.688. The quantitative estimate of drug-likeness (QED) is 0.794. The first kappa shape index (κ1) is 11.7. The Hall–Kier alpha value is -0.750. The summed E-state index contributed by atoms with van der Waals surface area (Å²) >= 11 is 6.86. The minimum Gasteiger partial charge on any atom is -0.338 e. The van der Waals surface area contributed by atoms with Crippen LogP contribution in [0.25, 0.3) is 11.5 Å². The summed E-state index contributed by atoms with van der Waals surface area (Å²) in [5, 5.41) is 3.91. The fraction of sp³-hybridized carbons (Fsp3) is 0.300. The predicted octanol–water partition coefficient (Wildman–Crippen LogP) is 3.74. The van der Waals surface area contributed by atoms with E-state index in [1.165, 1.54) is 0 Å². The summed E-state index contributed by atoms with van der Waals surface area (Å²) in [6.45, 7) is 2.04. The zero-order valence-electron chi connectivity index (χ0n) is 8.52. The van der Waals surface area contributed by atoms with Crippen molar-refractivity contribution in [1.82, 2.24) is 15.1 Å². The van der Waals surface area contributed by atoms with E-state index in [4.69, 9.17) is 4.52 Å².